The highest BCUT2D eigenvalue weighted by atomic mass is 16.6. The molecule has 0 saturated carbocycles. The lowest BCUT2D eigenvalue weighted by atomic mass is 10.1. The van der Waals surface area contributed by atoms with Gasteiger partial charge in [0.05, 0.1) is 0 Å². The number of hydrogen-bond acceptors (Lipinski definition) is 6. The predicted molar refractivity (Wildman–Crippen MR) is 297 cm³/mol. The molecule has 0 radical (unpaired) electrons. The average molecular weight is 953 g/mol. The van der Waals surface area contributed by atoms with Crippen LogP contribution in [0.4, 0.5) is 0 Å². The first-order valence-corrected chi connectivity index (χ1v) is 27.7. The Morgan fingerprint density at radius 3 is 0.971 bits per heavy atom. The molecule has 0 spiro atoms. The summed E-state index contributed by atoms with van der Waals surface area (Å²) in [6.07, 6.45) is 78.8. The van der Waals surface area contributed by atoms with Gasteiger partial charge in [-0.3, -0.25) is 14.4 Å². The van der Waals surface area contributed by atoms with E-state index in [1.54, 1.807) is 0 Å². The largest absolute Gasteiger partial charge is 0.462 e. The van der Waals surface area contributed by atoms with Gasteiger partial charge in [-0.2, -0.15) is 0 Å². The van der Waals surface area contributed by atoms with Crippen LogP contribution in [0.25, 0.3) is 0 Å². The van der Waals surface area contributed by atoms with Gasteiger partial charge in [-0.1, -0.05) is 212 Å². The lowest BCUT2D eigenvalue weighted by Gasteiger charge is -2.18. The van der Waals surface area contributed by atoms with Crippen LogP contribution in [0.5, 0.6) is 0 Å². The zero-order chi connectivity index (χ0) is 50.0. The Balaban J connectivity index is 4.66. The Morgan fingerprint density at radius 2 is 0.565 bits per heavy atom. The maximum Gasteiger partial charge on any atom is 0.306 e. The molecule has 0 aliphatic heterocycles. The summed E-state index contributed by atoms with van der Waals surface area (Å²) >= 11 is 0. The summed E-state index contributed by atoms with van der Waals surface area (Å²) in [4.78, 5) is 38.0. The third-order valence-electron chi connectivity index (χ3n) is 11.1. The number of carbonyl (C=O) groups excluding carboxylic acids is 3. The van der Waals surface area contributed by atoms with Crippen LogP contribution in [-0.4, -0.2) is 37.2 Å². The van der Waals surface area contributed by atoms with Crippen molar-refractivity contribution in [2.75, 3.05) is 13.2 Å². The average Bonchev–Trinajstić information content (AvgIpc) is 3.35. The fourth-order valence-electron chi connectivity index (χ4n) is 6.92. The molecule has 0 amide bonds. The molecule has 6 nitrogen and oxygen atoms in total. The monoisotopic (exact) mass is 953 g/mol. The molecule has 0 bridgehead atoms. The van der Waals surface area contributed by atoms with E-state index in [0.29, 0.717) is 19.3 Å². The summed E-state index contributed by atoms with van der Waals surface area (Å²) in [5.41, 5.74) is 0. The Labute approximate surface area is 424 Å². The number of allylic oxidation sites excluding steroid dienone is 22. The van der Waals surface area contributed by atoms with Crippen molar-refractivity contribution >= 4 is 17.9 Å². The van der Waals surface area contributed by atoms with Gasteiger partial charge in [0.1, 0.15) is 13.2 Å². The predicted octanol–water partition coefficient (Wildman–Crippen LogP) is 18.6. The summed E-state index contributed by atoms with van der Waals surface area (Å²) in [6, 6.07) is 0. The third kappa shape index (κ3) is 54.4. The van der Waals surface area contributed by atoms with Crippen LogP contribution in [0.2, 0.25) is 0 Å². The molecular formula is C63H100O6. The van der Waals surface area contributed by atoms with Crippen molar-refractivity contribution in [2.45, 2.75) is 232 Å². The topological polar surface area (TPSA) is 78.9 Å². The Bertz CT molecular complexity index is 1510. The molecule has 0 heterocycles. The fraction of sp³-hybridized carbons (Fsp3) is 0.603. The summed E-state index contributed by atoms with van der Waals surface area (Å²) in [7, 11) is 0. The van der Waals surface area contributed by atoms with Gasteiger partial charge in [0, 0.05) is 19.3 Å². The molecular weight excluding hydrogens is 853 g/mol. The minimum absolute atomic E-state index is 0.145. The lowest BCUT2D eigenvalue weighted by molar-refractivity contribution is -0.166. The molecule has 0 aromatic heterocycles. The van der Waals surface area contributed by atoms with Crippen molar-refractivity contribution in [2.24, 2.45) is 0 Å². The molecule has 0 fully saturated rings. The van der Waals surface area contributed by atoms with Crippen LogP contribution in [-0.2, 0) is 28.6 Å². The van der Waals surface area contributed by atoms with E-state index in [9.17, 15) is 14.4 Å². The molecule has 0 aliphatic carbocycles. The second-order valence-electron chi connectivity index (χ2n) is 17.8. The number of hydrogen-bond donors (Lipinski definition) is 0. The van der Waals surface area contributed by atoms with Crippen LogP contribution in [0.1, 0.15) is 226 Å². The van der Waals surface area contributed by atoms with Gasteiger partial charge in [0.15, 0.2) is 6.10 Å². The smallest absolute Gasteiger partial charge is 0.306 e. The Morgan fingerprint density at radius 1 is 0.290 bits per heavy atom. The maximum atomic E-state index is 12.8. The van der Waals surface area contributed by atoms with Gasteiger partial charge in [-0.25, -0.2) is 0 Å². The summed E-state index contributed by atoms with van der Waals surface area (Å²) in [6.45, 7) is 6.42. The van der Waals surface area contributed by atoms with Gasteiger partial charge in [-0.05, 0) is 128 Å². The molecule has 0 rings (SSSR count). The van der Waals surface area contributed by atoms with Gasteiger partial charge < -0.3 is 14.2 Å². The molecule has 6 heteroatoms. The second-order valence-corrected chi connectivity index (χ2v) is 17.8. The van der Waals surface area contributed by atoms with E-state index >= 15 is 0 Å². The van der Waals surface area contributed by atoms with E-state index in [-0.39, 0.29) is 44.4 Å². The highest BCUT2D eigenvalue weighted by Gasteiger charge is 2.19. The number of ether oxygens (including phenoxy) is 3. The van der Waals surface area contributed by atoms with Crippen molar-refractivity contribution in [1.29, 1.82) is 0 Å². The summed E-state index contributed by atoms with van der Waals surface area (Å²) in [5, 5.41) is 0. The van der Waals surface area contributed by atoms with E-state index in [0.717, 1.165) is 70.6 Å². The zero-order valence-electron chi connectivity index (χ0n) is 44.3. The molecule has 0 N–H and O–H groups in total. The first-order valence-electron chi connectivity index (χ1n) is 27.7. The van der Waals surface area contributed by atoms with E-state index < -0.39 is 12.1 Å². The first kappa shape index (κ1) is 64.5. The Kier molecular flexibility index (Phi) is 52.5. The van der Waals surface area contributed by atoms with Gasteiger partial charge in [0.2, 0.25) is 0 Å². The zero-order valence-corrected chi connectivity index (χ0v) is 44.3. The van der Waals surface area contributed by atoms with Gasteiger partial charge in [0.25, 0.3) is 0 Å². The maximum absolute atomic E-state index is 12.8. The second kappa shape index (κ2) is 56.1. The highest BCUT2D eigenvalue weighted by molar-refractivity contribution is 5.71. The quantitative estimate of drug-likeness (QED) is 0.0262. The minimum atomic E-state index is -0.855. The number of carbonyl (C=O) groups is 3. The summed E-state index contributed by atoms with van der Waals surface area (Å²) < 4.78 is 16.7. The van der Waals surface area contributed by atoms with Crippen molar-refractivity contribution in [1.82, 2.24) is 0 Å². The van der Waals surface area contributed by atoms with Crippen molar-refractivity contribution in [3.63, 3.8) is 0 Å². The molecule has 0 unspecified atom stereocenters. The van der Waals surface area contributed by atoms with Crippen LogP contribution in [0, 0.1) is 0 Å². The standard InChI is InChI=1S/C63H100O6/c1-4-7-10-13-16-19-22-25-28-30-31-33-35-38-41-44-47-50-53-56-62(65)68-59-60(58-67-61(64)55-52-49-46-43-40-37-34-27-24-21-18-15-12-9-6-3)69-63(66)57-54-51-48-45-42-39-36-32-29-26-23-20-17-14-11-8-5-2/h16,18-19,21,25-29,31,33-34,36,38-41,43,45,47-48,50,60H,4-15,17,20,22-24,30,32,35,37,42,44,46,49,51-59H2,1-3H3/b19-16-,21-18-,28-25-,29-26-,33-31-,34-27-,39-36-,41-38-,43-40-,48-45-,50-47-/t60-/m0/s1. The van der Waals surface area contributed by atoms with Crippen LogP contribution >= 0.6 is 0 Å². The molecule has 69 heavy (non-hydrogen) atoms. The highest BCUT2D eigenvalue weighted by Crippen LogP contribution is 2.10. The number of esters is 3. The van der Waals surface area contributed by atoms with Crippen LogP contribution in [0.3, 0.4) is 0 Å². The third-order valence-corrected chi connectivity index (χ3v) is 11.1. The van der Waals surface area contributed by atoms with Crippen molar-refractivity contribution in [3.8, 4) is 0 Å². The SMILES string of the molecule is CCCCC/C=C\C/C=C\C/C=C\C/C=C\C/C=C\CCC(=O)OC[C@H](COC(=O)CCCC/C=C\C/C=C\C/C=C\CCCCC)OC(=O)CCC/C=C\C/C=C\C/C=C\CCCCCCCC. The van der Waals surface area contributed by atoms with Crippen molar-refractivity contribution in [3.05, 3.63) is 134 Å². The normalized spacial score (nSPS) is 13.1. The van der Waals surface area contributed by atoms with Crippen molar-refractivity contribution < 1.29 is 28.6 Å². The molecule has 1 atom stereocenters. The van der Waals surface area contributed by atoms with E-state index in [1.807, 2.05) is 12.2 Å². The Hall–Kier alpha value is -4.45. The fourth-order valence-corrected chi connectivity index (χ4v) is 6.92. The molecule has 388 valence electrons. The lowest BCUT2D eigenvalue weighted by Crippen LogP contribution is -2.30. The number of rotatable bonds is 48. The molecule has 0 saturated heterocycles. The van der Waals surface area contributed by atoms with Crippen LogP contribution in [0.15, 0.2) is 134 Å². The van der Waals surface area contributed by atoms with E-state index in [2.05, 4.69) is 142 Å². The number of unbranched alkanes of at least 4 members (excludes halogenated alkanes) is 15. The van der Waals surface area contributed by atoms with Gasteiger partial charge in [-0.15, -0.1) is 0 Å². The molecule has 0 aromatic rings. The van der Waals surface area contributed by atoms with E-state index in [4.69, 9.17) is 14.2 Å². The first-order chi connectivity index (χ1) is 34.0. The summed E-state index contributed by atoms with van der Waals surface area (Å²) in [5.74, 6) is -1.13. The van der Waals surface area contributed by atoms with Gasteiger partial charge >= 0.3 is 17.9 Å². The van der Waals surface area contributed by atoms with Crippen LogP contribution < -0.4 is 0 Å². The molecule has 0 aromatic carbocycles. The van der Waals surface area contributed by atoms with E-state index in [1.165, 1.54) is 96.3 Å². The minimum Gasteiger partial charge on any atom is -0.462 e. The molecule has 0 aliphatic rings.